The van der Waals surface area contributed by atoms with E-state index in [1.165, 1.54) is 0 Å². The molecule has 1 aliphatic rings. The minimum atomic E-state index is -0.327. The Kier molecular flexibility index (Phi) is 3.96. The smallest absolute Gasteiger partial charge is 0.414 e. The first-order valence-electron chi connectivity index (χ1n) is 7.34. The summed E-state index contributed by atoms with van der Waals surface area (Å²) in [6, 6.07) is 10.0. The van der Waals surface area contributed by atoms with E-state index < -0.39 is 0 Å². The van der Waals surface area contributed by atoms with Crippen LogP contribution < -0.4 is 0 Å². The van der Waals surface area contributed by atoms with Crippen molar-refractivity contribution >= 4 is 12.2 Å². The Balaban J connectivity index is 1.54. The number of aryl methyl sites for hydroxylation is 2. The topological polar surface area (TPSA) is 47.4 Å². The molecule has 0 bridgehead atoms. The fraction of sp³-hybridized carbons (Fsp3) is 0.294. The van der Waals surface area contributed by atoms with E-state index in [0.29, 0.717) is 19.7 Å². The zero-order valence-electron chi connectivity index (χ0n) is 12.8. The van der Waals surface area contributed by atoms with Crippen LogP contribution in [0.25, 0.3) is 6.08 Å². The third kappa shape index (κ3) is 3.03. The maximum atomic E-state index is 12.1. The fourth-order valence-corrected chi connectivity index (χ4v) is 2.58. The molecule has 22 heavy (non-hydrogen) atoms. The fourth-order valence-electron chi connectivity index (χ4n) is 2.58. The molecule has 2 heterocycles. The number of hydrogen-bond donors (Lipinski definition) is 0. The van der Waals surface area contributed by atoms with E-state index in [1.807, 2.05) is 54.9 Å². The number of rotatable bonds is 3. The van der Waals surface area contributed by atoms with E-state index >= 15 is 0 Å². The second-order valence-electron chi connectivity index (χ2n) is 5.41. The molecule has 0 N–H and O–H groups in total. The van der Waals surface area contributed by atoms with Gasteiger partial charge in [0.2, 0.25) is 0 Å². The average Bonchev–Trinajstić information content (AvgIpc) is 2.84. The van der Waals surface area contributed by atoms with Crippen LogP contribution >= 0.6 is 0 Å². The molecule has 0 spiro atoms. The van der Waals surface area contributed by atoms with Crippen LogP contribution in [0.1, 0.15) is 22.5 Å². The van der Waals surface area contributed by atoms with Crippen molar-refractivity contribution < 1.29 is 9.53 Å². The van der Waals surface area contributed by atoms with Crippen molar-refractivity contribution in [3.63, 3.8) is 0 Å². The second-order valence-corrected chi connectivity index (χ2v) is 5.41. The lowest BCUT2D eigenvalue weighted by atomic mass is 10.1. The van der Waals surface area contributed by atoms with Crippen LogP contribution in [0.4, 0.5) is 4.79 Å². The van der Waals surface area contributed by atoms with Crippen molar-refractivity contribution in [3.8, 4) is 0 Å². The van der Waals surface area contributed by atoms with Crippen LogP contribution in [-0.2, 0) is 17.8 Å². The summed E-state index contributed by atoms with van der Waals surface area (Å²) in [5, 5.41) is 4.35. The molecule has 1 aromatic heterocycles. The van der Waals surface area contributed by atoms with E-state index in [0.717, 1.165) is 22.5 Å². The van der Waals surface area contributed by atoms with Crippen molar-refractivity contribution in [3.05, 3.63) is 59.0 Å². The van der Waals surface area contributed by atoms with Crippen molar-refractivity contribution in [2.45, 2.75) is 26.9 Å². The predicted molar refractivity (Wildman–Crippen MR) is 84.1 cm³/mol. The van der Waals surface area contributed by atoms with Gasteiger partial charge in [-0.25, -0.2) is 4.79 Å². The van der Waals surface area contributed by atoms with Crippen LogP contribution in [0.2, 0.25) is 0 Å². The summed E-state index contributed by atoms with van der Waals surface area (Å²) < 4.78 is 7.19. The SMILES string of the molecule is Cc1cc(C)n(CCOC(=O)N2C=Cc3ccccc3C2)n1. The van der Waals surface area contributed by atoms with Gasteiger partial charge >= 0.3 is 6.09 Å². The largest absolute Gasteiger partial charge is 0.447 e. The lowest BCUT2D eigenvalue weighted by molar-refractivity contribution is 0.110. The molecule has 0 saturated heterocycles. The van der Waals surface area contributed by atoms with E-state index in [9.17, 15) is 4.79 Å². The normalized spacial score (nSPS) is 13.1. The molecule has 3 rings (SSSR count). The summed E-state index contributed by atoms with van der Waals surface area (Å²) in [5.74, 6) is 0. The van der Waals surface area contributed by atoms with Crippen molar-refractivity contribution in [1.29, 1.82) is 0 Å². The number of aromatic nitrogens is 2. The zero-order chi connectivity index (χ0) is 15.5. The van der Waals surface area contributed by atoms with E-state index in [1.54, 1.807) is 11.1 Å². The van der Waals surface area contributed by atoms with Gasteiger partial charge in [-0.3, -0.25) is 9.58 Å². The molecule has 1 amide bonds. The maximum Gasteiger partial charge on any atom is 0.414 e. The number of hydrogen-bond acceptors (Lipinski definition) is 3. The third-order valence-corrected chi connectivity index (χ3v) is 3.70. The Hall–Kier alpha value is -2.56. The van der Waals surface area contributed by atoms with Gasteiger partial charge in [-0.05, 0) is 37.1 Å². The van der Waals surface area contributed by atoms with Crippen molar-refractivity contribution in [2.75, 3.05) is 6.61 Å². The Labute approximate surface area is 129 Å². The number of fused-ring (bicyclic) bond motifs is 1. The molecular formula is C17H19N3O2. The Bertz CT molecular complexity index is 718. The lowest BCUT2D eigenvalue weighted by Gasteiger charge is -2.22. The van der Waals surface area contributed by atoms with Gasteiger partial charge in [0, 0.05) is 11.9 Å². The third-order valence-electron chi connectivity index (χ3n) is 3.70. The summed E-state index contributed by atoms with van der Waals surface area (Å²) in [6.45, 7) is 5.37. The highest BCUT2D eigenvalue weighted by Gasteiger charge is 2.17. The van der Waals surface area contributed by atoms with E-state index in [4.69, 9.17) is 4.74 Å². The quantitative estimate of drug-likeness (QED) is 0.874. The van der Waals surface area contributed by atoms with Crippen LogP contribution in [0.3, 0.4) is 0 Å². The minimum absolute atomic E-state index is 0.312. The molecule has 0 fully saturated rings. The number of nitrogens with zero attached hydrogens (tertiary/aromatic N) is 3. The summed E-state index contributed by atoms with van der Waals surface area (Å²) in [5.41, 5.74) is 4.31. The number of amides is 1. The van der Waals surface area contributed by atoms with Crippen molar-refractivity contribution in [1.82, 2.24) is 14.7 Å². The molecular weight excluding hydrogens is 278 g/mol. The highest BCUT2D eigenvalue weighted by Crippen LogP contribution is 2.19. The van der Waals surface area contributed by atoms with Crippen LogP contribution in [-0.4, -0.2) is 27.4 Å². The molecule has 5 nitrogen and oxygen atoms in total. The summed E-state index contributed by atoms with van der Waals surface area (Å²) in [6.07, 6.45) is 3.38. The van der Waals surface area contributed by atoms with Crippen LogP contribution in [0, 0.1) is 13.8 Å². The minimum Gasteiger partial charge on any atom is -0.447 e. The van der Waals surface area contributed by atoms with Gasteiger partial charge in [-0.2, -0.15) is 5.10 Å². The van der Waals surface area contributed by atoms with Crippen molar-refractivity contribution in [2.24, 2.45) is 0 Å². The molecule has 0 atom stereocenters. The van der Waals surface area contributed by atoms with Gasteiger partial charge in [0.1, 0.15) is 6.61 Å². The van der Waals surface area contributed by atoms with Gasteiger partial charge < -0.3 is 4.74 Å². The molecule has 0 radical (unpaired) electrons. The monoisotopic (exact) mass is 297 g/mol. The first-order valence-corrected chi connectivity index (χ1v) is 7.34. The lowest BCUT2D eigenvalue weighted by Crippen LogP contribution is -2.29. The first kappa shape index (κ1) is 14.4. The molecule has 5 heteroatoms. The standard InChI is InChI=1S/C17H19N3O2/c1-13-11-14(2)20(18-13)9-10-22-17(21)19-8-7-15-5-3-4-6-16(15)12-19/h3-8,11H,9-10,12H2,1-2H3. The first-order chi connectivity index (χ1) is 10.6. The van der Waals surface area contributed by atoms with Crippen LogP contribution in [0.15, 0.2) is 36.5 Å². The van der Waals surface area contributed by atoms with Gasteiger partial charge in [-0.15, -0.1) is 0 Å². The Morgan fingerprint density at radius 1 is 1.32 bits per heavy atom. The summed E-state index contributed by atoms with van der Waals surface area (Å²) >= 11 is 0. The molecule has 2 aromatic rings. The molecule has 114 valence electrons. The highest BCUT2D eigenvalue weighted by molar-refractivity contribution is 5.72. The van der Waals surface area contributed by atoms with Gasteiger partial charge in [-0.1, -0.05) is 24.3 Å². The van der Waals surface area contributed by atoms with E-state index in [2.05, 4.69) is 5.10 Å². The van der Waals surface area contributed by atoms with Gasteiger partial charge in [0.25, 0.3) is 0 Å². The number of benzene rings is 1. The maximum absolute atomic E-state index is 12.1. The molecule has 0 unspecified atom stereocenters. The number of carbonyl (C=O) groups is 1. The predicted octanol–water partition coefficient (Wildman–Crippen LogP) is 3.12. The molecule has 1 aliphatic heterocycles. The van der Waals surface area contributed by atoms with Crippen LogP contribution in [0.5, 0.6) is 0 Å². The summed E-state index contributed by atoms with van der Waals surface area (Å²) in [7, 11) is 0. The number of ether oxygens (including phenoxy) is 1. The van der Waals surface area contributed by atoms with E-state index in [-0.39, 0.29) is 6.09 Å². The molecule has 0 saturated carbocycles. The highest BCUT2D eigenvalue weighted by atomic mass is 16.6. The summed E-state index contributed by atoms with van der Waals surface area (Å²) in [4.78, 5) is 13.7. The second kappa shape index (κ2) is 6.05. The van der Waals surface area contributed by atoms with Gasteiger partial charge in [0.15, 0.2) is 0 Å². The molecule has 0 aliphatic carbocycles. The number of carbonyl (C=O) groups excluding carboxylic acids is 1. The Morgan fingerprint density at radius 2 is 2.14 bits per heavy atom. The average molecular weight is 297 g/mol. The van der Waals surface area contributed by atoms with Gasteiger partial charge in [0.05, 0.1) is 18.8 Å². The zero-order valence-corrected chi connectivity index (χ0v) is 12.8. The molecule has 1 aromatic carbocycles. The Morgan fingerprint density at radius 3 is 2.91 bits per heavy atom.